The molecule has 0 saturated carbocycles. The Morgan fingerprint density at radius 3 is 2.14 bits per heavy atom. The van der Waals surface area contributed by atoms with Crippen molar-refractivity contribution in [2.75, 3.05) is 0 Å². The SMILES string of the molecule is CCCCCCCC=C(C)C(F)(F)F. The van der Waals surface area contributed by atoms with E-state index in [1.54, 1.807) is 0 Å². The monoisotopic (exact) mass is 208 g/mol. The lowest BCUT2D eigenvalue weighted by molar-refractivity contribution is -0.0915. The van der Waals surface area contributed by atoms with E-state index in [0.717, 1.165) is 32.6 Å². The van der Waals surface area contributed by atoms with Crippen LogP contribution in [0.5, 0.6) is 0 Å². The largest absolute Gasteiger partial charge is 0.412 e. The molecule has 0 aliphatic carbocycles. The average molecular weight is 208 g/mol. The molecule has 0 atom stereocenters. The molecule has 84 valence electrons. The van der Waals surface area contributed by atoms with Crippen molar-refractivity contribution in [2.24, 2.45) is 0 Å². The van der Waals surface area contributed by atoms with Gasteiger partial charge in [-0.3, -0.25) is 0 Å². The highest BCUT2D eigenvalue weighted by Gasteiger charge is 2.29. The molecular weight excluding hydrogens is 189 g/mol. The van der Waals surface area contributed by atoms with Crippen LogP contribution in [-0.4, -0.2) is 6.18 Å². The van der Waals surface area contributed by atoms with E-state index in [1.165, 1.54) is 12.5 Å². The van der Waals surface area contributed by atoms with Gasteiger partial charge in [-0.25, -0.2) is 0 Å². The third-order valence-corrected chi connectivity index (χ3v) is 2.21. The van der Waals surface area contributed by atoms with Crippen LogP contribution in [-0.2, 0) is 0 Å². The summed E-state index contributed by atoms with van der Waals surface area (Å²) in [5.41, 5.74) is -0.465. The van der Waals surface area contributed by atoms with E-state index in [0.29, 0.717) is 6.42 Å². The quantitative estimate of drug-likeness (QED) is 0.432. The lowest BCUT2D eigenvalue weighted by Gasteiger charge is -2.05. The number of unbranched alkanes of at least 4 members (excludes halogenated alkanes) is 5. The molecule has 3 heteroatoms. The number of hydrogen-bond donors (Lipinski definition) is 0. The van der Waals surface area contributed by atoms with Gasteiger partial charge in [0.15, 0.2) is 0 Å². The number of hydrogen-bond acceptors (Lipinski definition) is 0. The van der Waals surface area contributed by atoms with Crippen LogP contribution >= 0.6 is 0 Å². The number of alkyl halides is 3. The van der Waals surface area contributed by atoms with Gasteiger partial charge in [0.25, 0.3) is 0 Å². The standard InChI is InChI=1S/C11H19F3/c1-3-4-5-6-7-8-9-10(2)11(12,13)14/h9H,3-8H2,1-2H3. The van der Waals surface area contributed by atoms with Crippen LogP contribution in [0.15, 0.2) is 11.6 Å². The number of rotatable bonds is 6. The fourth-order valence-electron chi connectivity index (χ4n) is 1.18. The highest BCUT2D eigenvalue weighted by atomic mass is 19.4. The first-order valence-corrected chi connectivity index (χ1v) is 5.22. The van der Waals surface area contributed by atoms with E-state index in [4.69, 9.17) is 0 Å². The van der Waals surface area contributed by atoms with Crippen LogP contribution < -0.4 is 0 Å². The fourth-order valence-corrected chi connectivity index (χ4v) is 1.18. The molecule has 0 nitrogen and oxygen atoms in total. The zero-order valence-electron chi connectivity index (χ0n) is 8.95. The highest BCUT2D eigenvalue weighted by molar-refractivity contribution is 5.04. The predicted molar refractivity (Wildman–Crippen MR) is 53.2 cm³/mol. The molecule has 0 aromatic carbocycles. The Morgan fingerprint density at radius 2 is 1.64 bits per heavy atom. The molecule has 0 amide bonds. The Hall–Kier alpha value is -0.470. The molecule has 0 aliphatic heterocycles. The zero-order valence-corrected chi connectivity index (χ0v) is 8.95. The van der Waals surface area contributed by atoms with Crippen LogP contribution in [0, 0.1) is 0 Å². The number of halogens is 3. The van der Waals surface area contributed by atoms with Gasteiger partial charge in [0.2, 0.25) is 0 Å². The second-order valence-corrected chi connectivity index (χ2v) is 3.59. The van der Waals surface area contributed by atoms with Crippen molar-refractivity contribution in [2.45, 2.75) is 58.5 Å². The smallest absolute Gasteiger partial charge is 0.167 e. The van der Waals surface area contributed by atoms with Crippen molar-refractivity contribution >= 4 is 0 Å². The first-order valence-electron chi connectivity index (χ1n) is 5.22. The van der Waals surface area contributed by atoms with Gasteiger partial charge in [0.05, 0.1) is 0 Å². The lowest BCUT2D eigenvalue weighted by Crippen LogP contribution is -2.08. The molecular formula is C11H19F3. The van der Waals surface area contributed by atoms with Crippen molar-refractivity contribution < 1.29 is 13.2 Å². The second kappa shape index (κ2) is 6.91. The van der Waals surface area contributed by atoms with Gasteiger partial charge < -0.3 is 0 Å². The van der Waals surface area contributed by atoms with Crippen LogP contribution in [0.4, 0.5) is 13.2 Å². The van der Waals surface area contributed by atoms with Gasteiger partial charge in [-0.15, -0.1) is 0 Å². The van der Waals surface area contributed by atoms with Gasteiger partial charge in [-0.2, -0.15) is 13.2 Å². The summed E-state index contributed by atoms with van der Waals surface area (Å²) in [7, 11) is 0. The third-order valence-electron chi connectivity index (χ3n) is 2.21. The van der Waals surface area contributed by atoms with Crippen molar-refractivity contribution in [3.05, 3.63) is 11.6 Å². The number of allylic oxidation sites excluding steroid dienone is 2. The molecule has 0 aliphatic rings. The van der Waals surface area contributed by atoms with Crippen LogP contribution in [0.3, 0.4) is 0 Å². The van der Waals surface area contributed by atoms with Crippen LogP contribution in [0.2, 0.25) is 0 Å². The van der Waals surface area contributed by atoms with Gasteiger partial charge in [-0.1, -0.05) is 38.7 Å². The van der Waals surface area contributed by atoms with Crippen molar-refractivity contribution in [1.29, 1.82) is 0 Å². The third kappa shape index (κ3) is 6.98. The molecule has 0 aromatic rings. The Labute approximate surface area is 84.2 Å². The van der Waals surface area contributed by atoms with Crippen LogP contribution in [0.25, 0.3) is 0 Å². The first kappa shape index (κ1) is 13.5. The summed E-state index contributed by atoms with van der Waals surface area (Å²) < 4.78 is 36.0. The van der Waals surface area contributed by atoms with E-state index in [1.807, 2.05) is 0 Å². The molecule has 0 spiro atoms. The summed E-state index contributed by atoms with van der Waals surface area (Å²) in [5.74, 6) is 0. The fraction of sp³-hybridized carbons (Fsp3) is 0.818. The predicted octanol–water partition coefficient (Wildman–Crippen LogP) is 4.86. The summed E-state index contributed by atoms with van der Waals surface area (Å²) in [5, 5.41) is 0. The van der Waals surface area contributed by atoms with E-state index in [2.05, 4.69) is 6.92 Å². The van der Waals surface area contributed by atoms with Gasteiger partial charge in [0.1, 0.15) is 0 Å². The molecule has 0 aromatic heterocycles. The summed E-state index contributed by atoms with van der Waals surface area (Å²) in [6.07, 6.45) is 3.10. The molecule has 0 unspecified atom stereocenters. The second-order valence-electron chi connectivity index (χ2n) is 3.59. The maximum absolute atomic E-state index is 12.0. The maximum Gasteiger partial charge on any atom is 0.412 e. The van der Waals surface area contributed by atoms with Gasteiger partial charge in [-0.05, 0) is 19.8 Å². The average Bonchev–Trinajstić information content (AvgIpc) is 2.09. The molecule has 0 saturated heterocycles. The van der Waals surface area contributed by atoms with E-state index < -0.39 is 11.7 Å². The topological polar surface area (TPSA) is 0 Å². The van der Waals surface area contributed by atoms with E-state index >= 15 is 0 Å². The van der Waals surface area contributed by atoms with Crippen molar-refractivity contribution in [1.82, 2.24) is 0 Å². The summed E-state index contributed by atoms with van der Waals surface area (Å²) >= 11 is 0. The minimum absolute atomic E-state index is 0.465. The molecule has 0 N–H and O–H groups in total. The molecule has 0 bridgehead atoms. The lowest BCUT2D eigenvalue weighted by atomic mass is 10.1. The summed E-state index contributed by atoms with van der Waals surface area (Å²) in [6.45, 7) is 3.25. The Kier molecular flexibility index (Phi) is 6.67. The van der Waals surface area contributed by atoms with Crippen molar-refractivity contribution in [3.63, 3.8) is 0 Å². The maximum atomic E-state index is 12.0. The van der Waals surface area contributed by atoms with Gasteiger partial charge in [0, 0.05) is 5.57 Å². The highest BCUT2D eigenvalue weighted by Crippen LogP contribution is 2.25. The molecule has 0 heterocycles. The summed E-state index contributed by atoms with van der Waals surface area (Å²) in [6, 6.07) is 0. The Bertz CT molecular complexity index is 168. The summed E-state index contributed by atoms with van der Waals surface area (Å²) in [4.78, 5) is 0. The van der Waals surface area contributed by atoms with E-state index in [-0.39, 0.29) is 0 Å². The van der Waals surface area contributed by atoms with E-state index in [9.17, 15) is 13.2 Å². The minimum atomic E-state index is -4.14. The Morgan fingerprint density at radius 1 is 1.07 bits per heavy atom. The molecule has 0 radical (unpaired) electrons. The molecule has 14 heavy (non-hydrogen) atoms. The Balaban J connectivity index is 3.52. The first-order chi connectivity index (χ1) is 6.48. The van der Waals surface area contributed by atoms with Crippen LogP contribution in [0.1, 0.15) is 52.4 Å². The van der Waals surface area contributed by atoms with Crippen molar-refractivity contribution in [3.8, 4) is 0 Å². The zero-order chi connectivity index (χ0) is 11.0. The molecule has 0 rings (SSSR count). The normalized spacial score (nSPS) is 13.4. The van der Waals surface area contributed by atoms with Gasteiger partial charge >= 0.3 is 6.18 Å². The molecule has 0 fully saturated rings. The minimum Gasteiger partial charge on any atom is -0.167 e.